The Morgan fingerprint density at radius 1 is 0.852 bits per heavy atom. The van der Waals surface area contributed by atoms with Crippen molar-refractivity contribution < 1.29 is 28.7 Å². The quantitative estimate of drug-likeness (QED) is 0.455. The van der Waals surface area contributed by atoms with E-state index in [-0.39, 0.29) is 29.1 Å². The van der Waals surface area contributed by atoms with Crippen LogP contribution in [0.3, 0.4) is 0 Å². The molecule has 0 saturated carbocycles. The first-order valence-electron chi connectivity index (χ1n) is 7.68. The fraction of sp³-hybridized carbons (Fsp3) is 0.158. The van der Waals surface area contributed by atoms with Crippen LogP contribution in [-0.4, -0.2) is 37.8 Å². The zero-order valence-corrected chi connectivity index (χ0v) is 14.7. The lowest BCUT2D eigenvalue weighted by Gasteiger charge is -2.02. The summed E-state index contributed by atoms with van der Waals surface area (Å²) in [4.78, 5) is 49.3. The van der Waals surface area contributed by atoms with E-state index in [1.807, 2.05) is 0 Å². The lowest BCUT2D eigenvalue weighted by Crippen LogP contribution is -2.04. The number of nitrogens with zero attached hydrogens (tertiary/aromatic N) is 2. The molecule has 0 aromatic heterocycles. The van der Waals surface area contributed by atoms with Gasteiger partial charge in [0.1, 0.15) is 0 Å². The van der Waals surface area contributed by atoms with Crippen molar-refractivity contribution in [3.05, 3.63) is 59.7 Å². The first kappa shape index (κ1) is 21.2. The maximum Gasteiger partial charge on any atom is 0.340 e. The number of carbonyl (C=O) groups excluding carboxylic acids is 4. The van der Waals surface area contributed by atoms with E-state index in [0.29, 0.717) is 0 Å². The minimum Gasteiger partial charge on any atom is -0.465 e. The molecule has 2 rings (SSSR count). The number of hydrogen-bond donors (Lipinski definition) is 0. The lowest BCUT2D eigenvalue weighted by molar-refractivity contribution is 0.0526. The van der Waals surface area contributed by atoms with E-state index < -0.39 is 11.9 Å². The second-order valence-corrected chi connectivity index (χ2v) is 4.65. The summed E-state index contributed by atoms with van der Waals surface area (Å²) in [5, 5.41) is 0. The monoisotopic (exact) mass is 368 g/mol. The smallest absolute Gasteiger partial charge is 0.340 e. The molecule has 0 radical (unpaired) electrons. The van der Waals surface area contributed by atoms with Gasteiger partial charge in [0.15, 0.2) is 0 Å². The predicted molar refractivity (Wildman–Crippen MR) is 95.7 cm³/mol. The van der Waals surface area contributed by atoms with Crippen LogP contribution in [0.2, 0.25) is 0 Å². The topological polar surface area (TPSA) is 111 Å². The van der Waals surface area contributed by atoms with Gasteiger partial charge in [0.2, 0.25) is 12.2 Å². The normalized spacial score (nSPS) is 8.81. The Hall–Kier alpha value is -3.86. The van der Waals surface area contributed by atoms with Crippen LogP contribution in [0, 0.1) is 0 Å². The Kier molecular flexibility index (Phi) is 9.14. The highest BCUT2D eigenvalue weighted by atomic mass is 16.5. The SMILES string of the molecule is CCOC(=O)c1ccccc1N=C=O.COC(=O)c1ccccc1N=C=O. The summed E-state index contributed by atoms with van der Waals surface area (Å²) in [5.41, 5.74) is 1.08. The first-order valence-corrected chi connectivity index (χ1v) is 7.68. The van der Waals surface area contributed by atoms with Crippen molar-refractivity contribution in [2.45, 2.75) is 6.92 Å². The van der Waals surface area contributed by atoms with E-state index in [2.05, 4.69) is 14.7 Å². The summed E-state index contributed by atoms with van der Waals surface area (Å²) in [7, 11) is 1.27. The summed E-state index contributed by atoms with van der Waals surface area (Å²) in [6, 6.07) is 12.9. The molecule has 27 heavy (non-hydrogen) atoms. The molecular weight excluding hydrogens is 352 g/mol. The van der Waals surface area contributed by atoms with Gasteiger partial charge in [-0.2, -0.15) is 9.98 Å². The van der Waals surface area contributed by atoms with Gasteiger partial charge in [-0.3, -0.25) is 0 Å². The second-order valence-electron chi connectivity index (χ2n) is 4.65. The first-order chi connectivity index (χ1) is 13.1. The van der Waals surface area contributed by atoms with E-state index in [9.17, 15) is 19.2 Å². The molecule has 8 nitrogen and oxygen atoms in total. The summed E-state index contributed by atoms with van der Waals surface area (Å²) < 4.78 is 9.28. The number of methoxy groups -OCH3 is 1. The molecule has 0 aliphatic carbocycles. The van der Waals surface area contributed by atoms with Gasteiger partial charge in [0.05, 0.1) is 36.2 Å². The molecule has 0 N–H and O–H groups in total. The number of benzene rings is 2. The van der Waals surface area contributed by atoms with Crippen molar-refractivity contribution >= 4 is 35.5 Å². The molecule has 0 atom stereocenters. The third-order valence-electron chi connectivity index (χ3n) is 3.04. The molecule has 138 valence electrons. The van der Waals surface area contributed by atoms with Gasteiger partial charge in [0, 0.05) is 0 Å². The standard InChI is InChI=1S/C10H9NO3.C9H7NO3/c1-2-14-10(13)8-5-3-4-6-9(8)11-7-12;1-13-9(12)7-4-2-3-5-8(7)10-6-11/h3-6H,2H2,1H3;2-5H,1H3. The molecule has 0 fully saturated rings. The maximum absolute atomic E-state index is 11.3. The van der Waals surface area contributed by atoms with Gasteiger partial charge in [-0.25, -0.2) is 19.2 Å². The lowest BCUT2D eigenvalue weighted by atomic mass is 10.2. The maximum atomic E-state index is 11.3. The minimum atomic E-state index is -0.519. The number of hydrogen-bond acceptors (Lipinski definition) is 8. The highest BCUT2D eigenvalue weighted by Crippen LogP contribution is 2.19. The average molecular weight is 368 g/mol. The van der Waals surface area contributed by atoms with Crippen LogP contribution in [0.15, 0.2) is 58.5 Å². The molecule has 0 aliphatic rings. The largest absolute Gasteiger partial charge is 0.465 e. The van der Waals surface area contributed by atoms with Gasteiger partial charge in [0.25, 0.3) is 0 Å². The van der Waals surface area contributed by atoms with Crippen molar-refractivity contribution in [3.63, 3.8) is 0 Å². The van der Waals surface area contributed by atoms with Crippen molar-refractivity contribution in [2.75, 3.05) is 13.7 Å². The van der Waals surface area contributed by atoms with Crippen LogP contribution in [0.1, 0.15) is 27.6 Å². The average Bonchev–Trinajstić information content (AvgIpc) is 2.69. The van der Waals surface area contributed by atoms with Gasteiger partial charge in [-0.1, -0.05) is 24.3 Å². The highest BCUT2D eigenvalue weighted by molar-refractivity contribution is 5.95. The van der Waals surface area contributed by atoms with E-state index in [1.54, 1.807) is 43.3 Å². The predicted octanol–water partition coefficient (Wildman–Crippen LogP) is 3.27. The molecule has 2 aromatic rings. The molecule has 0 unspecified atom stereocenters. The zero-order valence-electron chi connectivity index (χ0n) is 14.7. The Morgan fingerprint density at radius 3 is 1.70 bits per heavy atom. The van der Waals surface area contributed by atoms with Crippen molar-refractivity contribution in [3.8, 4) is 0 Å². The van der Waals surface area contributed by atoms with Crippen LogP contribution in [0.4, 0.5) is 11.4 Å². The molecule has 0 heterocycles. The molecule has 2 aromatic carbocycles. The second kappa shape index (κ2) is 11.7. The van der Waals surface area contributed by atoms with Gasteiger partial charge >= 0.3 is 11.9 Å². The minimum absolute atomic E-state index is 0.258. The van der Waals surface area contributed by atoms with Gasteiger partial charge in [-0.05, 0) is 31.2 Å². The fourth-order valence-electron chi connectivity index (χ4n) is 1.90. The van der Waals surface area contributed by atoms with Gasteiger partial charge < -0.3 is 9.47 Å². The third-order valence-corrected chi connectivity index (χ3v) is 3.04. The Labute approximate surface area is 155 Å². The fourth-order valence-corrected chi connectivity index (χ4v) is 1.90. The number of rotatable bonds is 5. The summed E-state index contributed by atoms with van der Waals surface area (Å²) in [6.45, 7) is 2.00. The van der Waals surface area contributed by atoms with E-state index >= 15 is 0 Å². The van der Waals surface area contributed by atoms with Crippen molar-refractivity contribution in [2.24, 2.45) is 9.98 Å². The Bertz CT molecular complexity index is 897. The van der Waals surface area contributed by atoms with E-state index in [4.69, 9.17) is 4.74 Å². The highest BCUT2D eigenvalue weighted by Gasteiger charge is 2.11. The molecule has 0 bridgehead atoms. The molecule has 0 saturated heterocycles. The zero-order chi connectivity index (χ0) is 20.1. The molecular formula is C19H16N2O6. The van der Waals surface area contributed by atoms with Crippen LogP contribution in [-0.2, 0) is 19.1 Å². The third kappa shape index (κ3) is 6.51. The number of aliphatic imine (C=N–C) groups is 2. The van der Waals surface area contributed by atoms with Crippen LogP contribution in [0.25, 0.3) is 0 Å². The van der Waals surface area contributed by atoms with E-state index in [1.165, 1.54) is 31.4 Å². The number of carbonyl (C=O) groups is 2. The number of esters is 2. The number of para-hydroxylation sites is 2. The van der Waals surface area contributed by atoms with Crippen LogP contribution < -0.4 is 0 Å². The molecule has 8 heteroatoms. The van der Waals surface area contributed by atoms with Crippen LogP contribution in [0.5, 0.6) is 0 Å². The van der Waals surface area contributed by atoms with Crippen molar-refractivity contribution in [1.82, 2.24) is 0 Å². The molecule has 0 amide bonds. The summed E-state index contributed by atoms with van der Waals surface area (Å²) in [6.07, 6.45) is 2.76. The number of isocyanates is 2. The summed E-state index contributed by atoms with van der Waals surface area (Å²) in [5.74, 6) is -1.00. The van der Waals surface area contributed by atoms with Gasteiger partial charge in [-0.15, -0.1) is 0 Å². The number of ether oxygens (including phenoxy) is 2. The summed E-state index contributed by atoms with van der Waals surface area (Å²) >= 11 is 0. The molecule has 0 aliphatic heterocycles. The van der Waals surface area contributed by atoms with E-state index in [0.717, 1.165) is 0 Å². The van der Waals surface area contributed by atoms with Crippen molar-refractivity contribution in [1.29, 1.82) is 0 Å². The molecule has 0 spiro atoms. The Morgan fingerprint density at radius 2 is 1.30 bits per heavy atom. The Balaban J connectivity index is 0.000000271. The van der Waals surface area contributed by atoms with Crippen LogP contribution >= 0.6 is 0 Å².